The predicted molar refractivity (Wildman–Crippen MR) is 69.2 cm³/mol. The molecule has 1 aromatic heterocycles. The van der Waals surface area contributed by atoms with E-state index < -0.39 is 12.1 Å². The van der Waals surface area contributed by atoms with Crippen molar-refractivity contribution in [3.8, 4) is 0 Å². The lowest BCUT2D eigenvalue weighted by molar-refractivity contribution is 0.0476. The zero-order valence-electron chi connectivity index (χ0n) is 10.8. The third-order valence-corrected chi connectivity index (χ3v) is 3.63. The molecule has 2 heterocycles. The number of likely N-dealkylation sites (tertiary alicyclic amines) is 1. The molecule has 6 nitrogen and oxygen atoms in total. The highest BCUT2D eigenvalue weighted by molar-refractivity contribution is 5.85. The fourth-order valence-corrected chi connectivity index (χ4v) is 2.63. The van der Waals surface area contributed by atoms with Gasteiger partial charge in [0.1, 0.15) is 5.69 Å². The van der Waals surface area contributed by atoms with E-state index in [1.165, 1.54) is 0 Å². The molecule has 0 aliphatic carbocycles. The van der Waals surface area contributed by atoms with Gasteiger partial charge in [-0.15, -0.1) is 0 Å². The Bertz CT molecular complexity index is 424. The molecule has 0 radical (unpaired) electrons. The van der Waals surface area contributed by atoms with Gasteiger partial charge in [0, 0.05) is 31.9 Å². The van der Waals surface area contributed by atoms with E-state index in [0.29, 0.717) is 12.2 Å². The Balaban J connectivity index is 1.92. The van der Waals surface area contributed by atoms with Gasteiger partial charge in [-0.05, 0) is 25.0 Å². The second-order valence-corrected chi connectivity index (χ2v) is 4.97. The van der Waals surface area contributed by atoms with Crippen LogP contribution in [0.2, 0.25) is 0 Å². The van der Waals surface area contributed by atoms with Gasteiger partial charge in [0.15, 0.2) is 0 Å². The van der Waals surface area contributed by atoms with Crippen LogP contribution in [0.5, 0.6) is 0 Å². The molecule has 2 rings (SSSR count). The van der Waals surface area contributed by atoms with Crippen molar-refractivity contribution in [2.45, 2.75) is 25.0 Å². The molecule has 3 N–H and O–H groups in total. The zero-order valence-corrected chi connectivity index (χ0v) is 10.8. The van der Waals surface area contributed by atoms with Crippen molar-refractivity contribution in [1.29, 1.82) is 0 Å². The summed E-state index contributed by atoms with van der Waals surface area (Å²) in [6, 6.07) is 3.57. The highest BCUT2D eigenvalue weighted by Crippen LogP contribution is 2.24. The van der Waals surface area contributed by atoms with Crippen molar-refractivity contribution in [2.24, 2.45) is 0 Å². The van der Waals surface area contributed by atoms with Crippen LogP contribution in [-0.2, 0) is 0 Å². The van der Waals surface area contributed by atoms with Crippen molar-refractivity contribution in [3.05, 3.63) is 24.0 Å². The van der Waals surface area contributed by atoms with E-state index in [2.05, 4.69) is 4.90 Å². The molecule has 6 heteroatoms. The molecule has 0 aromatic carbocycles. The lowest BCUT2D eigenvalue weighted by Gasteiger charge is -2.34. The number of aromatic nitrogens is 1. The second-order valence-electron chi connectivity index (χ2n) is 4.97. The average Bonchev–Trinajstić information content (AvgIpc) is 2.89. The summed E-state index contributed by atoms with van der Waals surface area (Å²) >= 11 is 0. The number of carbonyl (C=O) groups is 1. The third kappa shape index (κ3) is 3.34. The van der Waals surface area contributed by atoms with E-state index in [-0.39, 0.29) is 12.6 Å². The number of aromatic carboxylic acids is 1. The number of carboxylic acid groups (broad SMARTS) is 1. The first-order valence-corrected chi connectivity index (χ1v) is 6.53. The Hall–Kier alpha value is -1.37. The number of hydrogen-bond donors (Lipinski definition) is 3. The van der Waals surface area contributed by atoms with Crippen molar-refractivity contribution in [2.75, 3.05) is 26.2 Å². The van der Waals surface area contributed by atoms with E-state index in [1.807, 2.05) is 10.8 Å². The second kappa shape index (κ2) is 6.18. The molecular weight excluding hydrogens is 248 g/mol. The van der Waals surface area contributed by atoms with Gasteiger partial charge in [0.2, 0.25) is 0 Å². The molecule has 0 amide bonds. The molecule has 1 aromatic rings. The number of nitrogens with zero attached hydrogens (tertiary/aromatic N) is 2. The first-order chi connectivity index (χ1) is 9.11. The molecule has 0 bridgehead atoms. The highest BCUT2D eigenvalue weighted by Gasteiger charge is 2.24. The SMILES string of the molecule is O=C(O)c1cccn1C1CCN(CC(O)CO)CC1. The average molecular weight is 268 g/mol. The van der Waals surface area contributed by atoms with Gasteiger partial charge in [0.25, 0.3) is 0 Å². The maximum atomic E-state index is 11.1. The van der Waals surface area contributed by atoms with E-state index in [9.17, 15) is 9.90 Å². The van der Waals surface area contributed by atoms with Crippen LogP contribution in [-0.4, -0.2) is 63.1 Å². The van der Waals surface area contributed by atoms with Gasteiger partial charge in [-0.1, -0.05) is 0 Å². The zero-order chi connectivity index (χ0) is 13.8. The van der Waals surface area contributed by atoms with Crippen LogP contribution in [0.15, 0.2) is 18.3 Å². The lowest BCUT2D eigenvalue weighted by atomic mass is 10.0. The molecule has 1 unspecified atom stereocenters. The van der Waals surface area contributed by atoms with E-state index in [4.69, 9.17) is 10.2 Å². The number of hydrogen-bond acceptors (Lipinski definition) is 4. The van der Waals surface area contributed by atoms with E-state index in [1.54, 1.807) is 12.1 Å². The third-order valence-electron chi connectivity index (χ3n) is 3.63. The molecule has 0 saturated carbocycles. The Morgan fingerprint density at radius 1 is 1.42 bits per heavy atom. The van der Waals surface area contributed by atoms with Crippen LogP contribution >= 0.6 is 0 Å². The largest absolute Gasteiger partial charge is 0.477 e. The van der Waals surface area contributed by atoms with Crippen LogP contribution in [0.4, 0.5) is 0 Å². The van der Waals surface area contributed by atoms with Crippen LogP contribution in [0.25, 0.3) is 0 Å². The molecule has 106 valence electrons. The van der Waals surface area contributed by atoms with Crippen molar-refractivity contribution >= 4 is 5.97 Å². The van der Waals surface area contributed by atoms with Crippen molar-refractivity contribution in [1.82, 2.24) is 9.47 Å². The molecule has 19 heavy (non-hydrogen) atoms. The van der Waals surface area contributed by atoms with E-state index >= 15 is 0 Å². The maximum Gasteiger partial charge on any atom is 0.352 e. The van der Waals surface area contributed by atoms with Crippen LogP contribution in [0.1, 0.15) is 29.4 Å². The highest BCUT2D eigenvalue weighted by atomic mass is 16.4. The van der Waals surface area contributed by atoms with Gasteiger partial charge in [-0.2, -0.15) is 0 Å². The van der Waals surface area contributed by atoms with Crippen molar-refractivity contribution in [3.63, 3.8) is 0 Å². The van der Waals surface area contributed by atoms with Crippen LogP contribution in [0.3, 0.4) is 0 Å². The standard InChI is InChI=1S/C13H20N2O4/c16-9-11(17)8-14-6-3-10(4-7-14)15-5-1-2-12(15)13(18)19/h1-2,5,10-11,16-17H,3-4,6-9H2,(H,18,19). The number of aliphatic hydroxyl groups excluding tert-OH is 2. The number of rotatable bonds is 5. The lowest BCUT2D eigenvalue weighted by Crippen LogP contribution is -2.40. The minimum atomic E-state index is -0.900. The summed E-state index contributed by atoms with van der Waals surface area (Å²) < 4.78 is 1.82. The Morgan fingerprint density at radius 2 is 2.11 bits per heavy atom. The first kappa shape index (κ1) is 14.0. The Morgan fingerprint density at radius 3 is 2.68 bits per heavy atom. The summed E-state index contributed by atoms with van der Waals surface area (Å²) in [4.78, 5) is 13.2. The fourth-order valence-electron chi connectivity index (χ4n) is 2.63. The van der Waals surface area contributed by atoms with E-state index in [0.717, 1.165) is 25.9 Å². The van der Waals surface area contributed by atoms with Gasteiger partial charge in [-0.3, -0.25) is 0 Å². The minimum Gasteiger partial charge on any atom is -0.477 e. The van der Waals surface area contributed by atoms with Crippen LogP contribution < -0.4 is 0 Å². The van der Waals surface area contributed by atoms with Gasteiger partial charge in [0.05, 0.1) is 12.7 Å². The fraction of sp³-hybridized carbons (Fsp3) is 0.615. The minimum absolute atomic E-state index is 0.198. The maximum absolute atomic E-state index is 11.1. The quantitative estimate of drug-likeness (QED) is 0.709. The number of piperidine rings is 1. The molecule has 1 aliphatic rings. The summed E-state index contributed by atoms with van der Waals surface area (Å²) in [7, 11) is 0. The topological polar surface area (TPSA) is 85.9 Å². The molecule has 1 saturated heterocycles. The number of aliphatic hydroxyl groups is 2. The van der Waals surface area contributed by atoms with Crippen LogP contribution in [0, 0.1) is 0 Å². The first-order valence-electron chi connectivity index (χ1n) is 6.53. The summed E-state index contributed by atoms with van der Waals surface area (Å²) in [5.41, 5.74) is 0.328. The summed E-state index contributed by atoms with van der Waals surface area (Å²) in [5, 5.41) is 27.3. The molecular formula is C13H20N2O4. The van der Waals surface area contributed by atoms with Gasteiger partial charge >= 0.3 is 5.97 Å². The summed E-state index contributed by atoms with van der Waals surface area (Å²) in [5.74, 6) is -0.900. The van der Waals surface area contributed by atoms with Gasteiger partial charge < -0.3 is 24.8 Å². The molecule has 1 fully saturated rings. The summed E-state index contributed by atoms with van der Waals surface area (Å²) in [6.07, 6.45) is 2.82. The normalized spacial score (nSPS) is 19.5. The molecule has 0 spiro atoms. The predicted octanol–water partition coefficient (Wildman–Crippen LogP) is 0.176. The Labute approximate surface area is 111 Å². The van der Waals surface area contributed by atoms with Crippen molar-refractivity contribution < 1.29 is 20.1 Å². The molecule has 1 atom stereocenters. The smallest absolute Gasteiger partial charge is 0.352 e. The van der Waals surface area contributed by atoms with Gasteiger partial charge in [-0.25, -0.2) is 4.79 Å². The summed E-state index contributed by atoms with van der Waals surface area (Å²) in [6.45, 7) is 1.86. The number of carboxylic acids is 1. The Kier molecular flexibility index (Phi) is 4.57. The number of β-amino-alcohol motifs (C(OH)–C–C–N with tert-alkyl or cyclic N) is 1. The monoisotopic (exact) mass is 268 g/mol. The molecule has 1 aliphatic heterocycles.